The third-order valence-electron chi connectivity index (χ3n) is 11.2. The van der Waals surface area contributed by atoms with Crippen LogP contribution in [0.25, 0.3) is 0 Å². The second kappa shape index (κ2) is 28.0. The summed E-state index contributed by atoms with van der Waals surface area (Å²) in [5.41, 5.74) is 15.4. The van der Waals surface area contributed by atoms with E-state index in [0.717, 1.165) is 80.3 Å². The number of pyridine rings is 2. The fourth-order valence-electron chi connectivity index (χ4n) is 7.97. The minimum Gasteiger partial charge on any atom is -1.00 e. The Bertz CT molecular complexity index is 2180. The number of aliphatic hydroxyl groups is 2. The average molecular weight is 1000 g/mol. The summed E-state index contributed by atoms with van der Waals surface area (Å²) in [7, 11) is 0. The van der Waals surface area contributed by atoms with Gasteiger partial charge in [-0.15, -0.1) is 24.8 Å². The molecule has 6 rings (SSSR count). The molecular formula is C46H58Cl4N10O7. The summed E-state index contributed by atoms with van der Waals surface area (Å²) in [5, 5.41) is 28.1. The van der Waals surface area contributed by atoms with Crippen LogP contribution < -0.4 is 49.3 Å². The van der Waals surface area contributed by atoms with Gasteiger partial charge in [-0.1, -0.05) is 48.0 Å². The smallest absolute Gasteiger partial charge is 0.274 e. The quantitative estimate of drug-likeness (QED) is 0.0485. The number of aromatic nitrogens is 4. The molecule has 1 saturated heterocycles. The van der Waals surface area contributed by atoms with Gasteiger partial charge in [0.05, 0.1) is 57.5 Å². The number of carbonyl (C=O) groups excluding carboxylic acids is 3. The molecule has 2 unspecified atom stereocenters. The van der Waals surface area contributed by atoms with Gasteiger partial charge < -0.3 is 64.0 Å². The maximum Gasteiger partial charge on any atom is 0.274 e. The van der Waals surface area contributed by atoms with E-state index in [2.05, 4.69) is 35.9 Å². The number of amides is 3. The molecule has 9 N–H and O–H groups in total. The zero-order valence-corrected chi connectivity index (χ0v) is 39.9. The van der Waals surface area contributed by atoms with Gasteiger partial charge in [0.1, 0.15) is 11.5 Å². The standard InChI is InChI=1S/C46H55ClN10O7.3ClH/c47-43-45(49)56-44(48)42(55-43)46(62)52-35-10-5-23-57(26-35,21-3-6-31-11-15-36(16-12-31)63-29-40(60)53-38(27-58)33-8-1-19-50-24-33)22-4-7-32-13-17-37(18-14-32)64-30-41(61)54-39(28-59)34-9-2-20-51-25-34;;;/h1-2,8-9,11-20,24-25,35,38-39,58-59H,3-7,10,21-23,26-30H2,(H6-,48,49,52,53,54,56,60,61,62);3*1H/t35-,38?,39?,57?;;;/m0.../s1. The van der Waals surface area contributed by atoms with E-state index in [4.69, 9.17) is 32.5 Å². The normalized spacial score (nSPS) is 16.1. The third-order valence-corrected chi connectivity index (χ3v) is 11.5. The molecule has 0 spiro atoms. The van der Waals surface area contributed by atoms with Crippen LogP contribution in [-0.4, -0.2) is 111 Å². The van der Waals surface area contributed by atoms with Crippen molar-refractivity contribution in [2.45, 2.75) is 56.7 Å². The van der Waals surface area contributed by atoms with E-state index < -0.39 is 18.0 Å². The van der Waals surface area contributed by atoms with Crippen LogP contribution in [0.5, 0.6) is 11.5 Å². The minimum atomic E-state index is -0.577. The number of nitrogens with one attached hydrogen (secondary N) is 3. The zero-order valence-electron chi connectivity index (χ0n) is 36.8. The first-order valence-electron chi connectivity index (χ1n) is 21.3. The molecule has 3 atom stereocenters. The highest BCUT2D eigenvalue weighted by Crippen LogP contribution is 2.25. The molecule has 17 nitrogen and oxygen atoms in total. The molecular weight excluding hydrogens is 946 g/mol. The maximum atomic E-state index is 13.4. The number of halogens is 4. The SMILES string of the molecule is Cl.Cl.Nc1nc(N)c(C(=O)N[C@H]2CCC[N+](CCCc3ccc(OCC(=O)NC(CO)c4cccnc4)cc3)(CCCc3ccc(OCC(=O)NC(CO)c4cccnc4)cc3)C2)nc1Cl.[Cl-]. The molecule has 0 aliphatic carbocycles. The number of rotatable bonds is 22. The van der Waals surface area contributed by atoms with E-state index >= 15 is 0 Å². The molecule has 67 heavy (non-hydrogen) atoms. The second-order valence-electron chi connectivity index (χ2n) is 15.9. The van der Waals surface area contributed by atoms with Crippen LogP contribution >= 0.6 is 36.4 Å². The fraction of sp³-hybridized carbons (Fsp3) is 0.370. The molecule has 2 aromatic carbocycles. The number of nitrogens with two attached hydrogens (primary N) is 2. The predicted octanol–water partition coefficient (Wildman–Crippen LogP) is 1.36. The summed E-state index contributed by atoms with van der Waals surface area (Å²) < 4.78 is 12.3. The summed E-state index contributed by atoms with van der Waals surface area (Å²) in [4.78, 5) is 54.7. The van der Waals surface area contributed by atoms with Crippen LogP contribution in [0.1, 0.15) is 70.5 Å². The van der Waals surface area contributed by atoms with Gasteiger partial charge >= 0.3 is 0 Å². The van der Waals surface area contributed by atoms with E-state index in [0.29, 0.717) is 22.6 Å². The highest BCUT2D eigenvalue weighted by Gasteiger charge is 2.36. The molecule has 3 aromatic heterocycles. The Balaban J connectivity index is 0.00000397. The van der Waals surface area contributed by atoms with E-state index in [1.807, 2.05) is 48.5 Å². The molecule has 1 aliphatic rings. The predicted molar refractivity (Wildman–Crippen MR) is 256 cm³/mol. The topological polar surface area (TPSA) is 250 Å². The number of hydrogen-bond acceptors (Lipinski definition) is 13. The van der Waals surface area contributed by atoms with Crippen LogP contribution in [0.15, 0.2) is 97.6 Å². The summed E-state index contributed by atoms with van der Waals surface area (Å²) in [6.45, 7) is 2.53. The second-order valence-corrected chi connectivity index (χ2v) is 16.2. The van der Waals surface area contributed by atoms with Gasteiger partial charge in [-0.05, 0) is 84.3 Å². The molecule has 0 saturated carbocycles. The van der Waals surface area contributed by atoms with Crippen LogP contribution in [0.4, 0.5) is 11.6 Å². The number of aliphatic hydroxyl groups excluding tert-OH is 2. The van der Waals surface area contributed by atoms with Gasteiger partial charge in [-0.2, -0.15) is 0 Å². The number of carbonyl (C=O) groups is 3. The van der Waals surface area contributed by atoms with Gasteiger partial charge in [0.2, 0.25) is 0 Å². The van der Waals surface area contributed by atoms with E-state index in [1.54, 1.807) is 49.1 Å². The lowest BCUT2D eigenvalue weighted by molar-refractivity contribution is -0.933. The third kappa shape index (κ3) is 16.9. The number of piperidine rings is 1. The van der Waals surface area contributed by atoms with Crippen molar-refractivity contribution in [3.05, 3.63) is 131 Å². The van der Waals surface area contributed by atoms with Crippen molar-refractivity contribution in [2.24, 2.45) is 0 Å². The van der Waals surface area contributed by atoms with Gasteiger partial charge in [0.15, 0.2) is 35.7 Å². The Kier molecular flexibility index (Phi) is 23.3. The van der Waals surface area contributed by atoms with Gasteiger partial charge in [-0.3, -0.25) is 24.4 Å². The fourth-order valence-corrected chi connectivity index (χ4v) is 8.09. The van der Waals surface area contributed by atoms with Crippen molar-refractivity contribution >= 4 is 65.8 Å². The van der Waals surface area contributed by atoms with Crippen molar-refractivity contribution in [2.75, 3.05) is 64.1 Å². The lowest BCUT2D eigenvalue weighted by atomic mass is 9.99. The van der Waals surface area contributed by atoms with Crippen molar-refractivity contribution in [3.63, 3.8) is 0 Å². The number of aryl methyl sites for hydroxylation is 2. The highest BCUT2D eigenvalue weighted by molar-refractivity contribution is 6.31. The van der Waals surface area contributed by atoms with Gasteiger partial charge in [0.25, 0.3) is 17.7 Å². The van der Waals surface area contributed by atoms with Crippen LogP contribution in [0.2, 0.25) is 5.15 Å². The summed E-state index contributed by atoms with van der Waals surface area (Å²) in [6.07, 6.45) is 11.6. The Morgan fingerprint density at radius 2 is 1.24 bits per heavy atom. The lowest BCUT2D eigenvalue weighted by Gasteiger charge is -2.45. The number of nitrogen functional groups attached to an aromatic ring is 2. The average Bonchev–Trinajstić information content (AvgIpc) is 3.31. The number of hydrogen-bond donors (Lipinski definition) is 7. The Labute approximate surface area is 413 Å². The van der Waals surface area contributed by atoms with Crippen molar-refractivity contribution in [1.82, 2.24) is 35.9 Å². The largest absolute Gasteiger partial charge is 1.00 e. The first kappa shape index (κ1) is 55.8. The summed E-state index contributed by atoms with van der Waals surface area (Å²) in [5.74, 6) is -0.159. The Hall–Kier alpha value is -5.53. The first-order chi connectivity index (χ1) is 31.0. The molecule has 0 radical (unpaired) electrons. The first-order valence-corrected chi connectivity index (χ1v) is 21.7. The number of quaternary nitrogens is 1. The molecule has 1 fully saturated rings. The van der Waals surface area contributed by atoms with Crippen LogP contribution in [-0.2, 0) is 22.4 Å². The van der Waals surface area contributed by atoms with Crippen molar-refractivity contribution < 1.29 is 51.0 Å². The zero-order chi connectivity index (χ0) is 45.3. The molecule has 1 aliphatic heterocycles. The van der Waals surface area contributed by atoms with E-state index in [9.17, 15) is 24.6 Å². The van der Waals surface area contributed by atoms with Gasteiger partial charge in [-0.25, -0.2) is 9.97 Å². The minimum absolute atomic E-state index is 0. The molecule has 21 heteroatoms. The Morgan fingerprint density at radius 1 is 0.746 bits per heavy atom. The van der Waals surface area contributed by atoms with E-state index in [1.165, 1.54) is 0 Å². The summed E-state index contributed by atoms with van der Waals surface area (Å²) >= 11 is 6.09. The number of ether oxygens (including phenoxy) is 2. The molecule has 0 bridgehead atoms. The highest BCUT2D eigenvalue weighted by atomic mass is 35.5. The Morgan fingerprint density at radius 3 is 1.69 bits per heavy atom. The lowest BCUT2D eigenvalue weighted by Crippen LogP contribution is -3.00. The van der Waals surface area contributed by atoms with Crippen molar-refractivity contribution in [1.29, 1.82) is 0 Å². The summed E-state index contributed by atoms with van der Waals surface area (Å²) in [6, 6.07) is 21.2. The monoisotopic (exact) mass is 1000 g/mol. The van der Waals surface area contributed by atoms with Crippen LogP contribution in [0, 0.1) is 0 Å². The van der Waals surface area contributed by atoms with Crippen LogP contribution in [0.3, 0.4) is 0 Å². The van der Waals surface area contributed by atoms with Gasteiger partial charge in [0, 0.05) is 37.6 Å². The molecule has 4 heterocycles. The van der Waals surface area contributed by atoms with Crippen molar-refractivity contribution in [3.8, 4) is 11.5 Å². The molecule has 3 amide bonds. The number of nitrogens with zero attached hydrogens (tertiary/aromatic N) is 5. The molecule has 362 valence electrons. The number of anilines is 2. The van der Waals surface area contributed by atoms with E-state index in [-0.39, 0.29) is 104 Å². The molecule has 5 aromatic rings. The number of likely N-dealkylation sites (tertiary alicyclic amines) is 1. The maximum absolute atomic E-state index is 13.4. The number of benzene rings is 2.